The van der Waals surface area contributed by atoms with Gasteiger partial charge in [-0.2, -0.15) is 0 Å². The summed E-state index contributed by atoms with van der Waals surface area (Å²) in [5.41, 5.74) is 0. The molecular weight excluding hydrogens is 391 g/mol. The fourth-order valence-corrected chi connectivity index (χ4v) is 1.73. The molecule has 0 N–H and O–H groups in total. The predicted octanol–water partition coefficient (Wildman–Crippen LogP) is 0.195. The summed E-state index contributed by atoms with van der Waals surface area (Å²) >= 11 is 0.0368. The molecule has 0 unspecified atom stereocenters. The molecule has 0 aromatic rings. The summed E-state index contributed by atoms with van der Waals surface area (Å²) in [6, 6.07) is 0. The smallest absolute Gasteiger partial charge is 0 e. The molecule has 7 heavy (non-hydrogen) atoms. The SMILES string of the molecule is C1=C[CH]=[Sb][CH]=C1.[Bi]. The Balaban J connectivity index is 0.000000360. The van der Waals surface area contributed by atoms with Crippen LogP contribution in [0.25, 0.3) is 0 Å². The minimum Gasteiger partial charge on any atom is 0 e. The van der Waals surface area contributed by atoms with E-state index >= 15 is 0 Å². The third kappa shape index (κ3) is 3.62. The third-order valence-electron chi connectivity index (χ3n) is 0.566. The van der Waals surface area contributed by atoms with Crippen LogP contribution in [0.5, 0.6) is 0 Å². The van der Waals surface area contributed by atoms with Crippen molar-refractivity contribution in [1.29, 1.82) is 0 Å². The van der Waals surface area contributed by atoms with Crippen LogP contribution in [0.4, 0.5) is 0 Å². The first-order valence-corrected chi connectivity index (χ1v) is 4.80. The number of allylic oxidation sites excluding steroid dienone is 3. The van der Waals surface area contributed by atoms with Crippen molar-refractivity contribution in [3.05, 3.63) is 22.3 Å². The summed E-state index contributed by atoms with van der Waals surface area (Å²) in [7, 11) is 0. The van der Waals surface area contributed by atoms with Gasteiger partial charge in [-0.15, -0.1) is 0 Å². The topological polar surface area (TPSA) is 0 Å². The number of rotatable bonds is 0. The molecule has 1 heterocycles. The Morgan fingerprint density at radius 2 is 1.86 bits per heavy atom. The van der Waals surface area contributed by atoms with Gasteiger partial charge >= 0.3 is 47.3 Å². The normalized spacial score (nSPS) is 13.7. The molecule has 0 aromatic heterocycles. The largest absolute Gasteiger partial charge is 0 e. The molecule has 0 aromatic carbocycles. The Bertz CT molecular complexity index is 77.5. The van der Waals surface area contributed by atoms with E-state index in [0.717, 1.165) is 0 Å². The van der Waals surface area contributed by atoms with E-state index in [1.165, 1.54) is 0 Å². The summed E-state index contributed by atoms with van der Waals surface area (Å²) in [6.45, 7) is 0. The van der Waals surface area contributed by atoms with Gasteiger partial charge in [0, 0.05) is 26.2 Å². The minimum absolute atomic E-state index is 0. The van der Waals surface area contributed by atoms with Crippen LogP contribution in [0.15, 0.2) is 22.3 Å². The van der Waals surface area contributed by atoms with Crippen LogP contribution >= 0.6 is 0 Å². The molecule has 0 saturated carbocycles. The van der Waals surface area contributed by atoms with Crippen molar-refractivity contribution in [2.75, 3.05) is 0 Å². The van der Waals surface area contributed by atoms with Crippen molar-refractivity contribution in [3.63, 3.8) is 0 Å². The second-order valence-electron chi connectivity index (χ2n) is 1.02. The van der Waals surface area contributed by atoms with E-state index in [4.69, 9.17) is 0 Å². The first-order chi connectivity index (χ1) is 3.00. The zero-order valence-corrected chi connectivity index (χ0v) is 9.81. The van der Waals surface area contributed by atoms with Gasteiger partial charge in [0.1, 0.15) is 0 Å². The van der Waals surface area contributed by atoms with E-state index in [2.05, 4.69) is 26.2 Å². The van der Waals surface area contributed by atoms with Gasteiger partial charge in [0.2, 0.25) is 0 Å². The summed E-state index contributed by atoms with van der Waals surface area (Å²) in [5.74, 6) is 0. The molecule has 0 spiro atoms. The average Bonchev–Trinajstić information content (AvgIpc) is 1.72. The molecule has 0 atom stereocenters. The van der Waals surface area contributed by atoms with E-state index in [-0.39, 0.29) is 47.3 Å². The summed E-state index contributed by atoms with van der Waals surface area (Å²) in [6.07, 6.45) is 6.31. The first kappa shape index (κ1) is 8.05. The molecular formula is C5H5BiSb. The van der Waals surface area contributed by atoms with Crippen LogP contribution < -0.4 is 0 Å². The Labute approximate surface area is 72.8 Å². The van der Waals surface area contributed by atoms with E-state index in [1.54, 1.807) is 0 Å². The Morgan fingerprint density at radius 3 is 2.00 bits per heavy atom. The molecule has 0 fully saturated rings. The summed E-state index contributed by atoms with van der Waals surface area (Å²) < 4.78 is 4.55. The van der Waals surface area contributed by atoms with Crippen molar-refractivity contribution in [2.24, 2.45) is 0 Å². The summed E-state index contributed by atoms with van der Waals surface area (Å²) in [5, 5.41) is 0. The third-order valence-corrected chi connectivity index (χ3v) is 2.53. The molecule has 0 aliphatic carbocycles. The predicted molar refractivity (Wildman–Crippen MR) is 35.9 cm³/mol. The van der Waals surface area contributed by atoms with Crippen molar-refractivity contribution in [2.45, 2.75) is 0 Å². The van der Waals surface area contributed by atoms with Crippen LogP contribution in [0, 0.1) is 0 Å². The molecule has 3 radical (unpaired) electrons. The molecule has 35 valence electrons. The Kier molecular flexibility index (Phi) is 5.97. The van der Waals surface area contributed by atoms with Crippen LogP contribution in [0.2, 0.25) is 0 Å². The van der Waals surface area contributed by atoms with E-state index in [1.807, 2.05) is 0 Å². The zero-order chi connectivity index (χ0) is 4.24. The van der Waals surface area contributed by atoms with Crippen molar-refractivity contribution in [1.82, 2.24) is 0 Å². The maximum absolute atomic E-state index is 2.28. The van der Waals surface area contributed by atoms with Gasteiger partial charge in [0.15, 0.2) is 0 Å². The van der Waals surface area contributed by atoms with E-state index in [9.17, 15) is 0 Å². The van der Waals surface area contributed by atoms with Gasteiger partial charge in [-0.25, -0.2) is 0 Å². The van der Waals surface area contributed by atoms with Gasteiger partial charge in [-0.3, -0.25) is 0 Å². The van der Waals surface area contributed by atoms with Gasteiger partial charge in [0.05, 0.1) is 0 Å². The van der Waals surface area contributed by atoms with E-state index < -0.39 is 0 Å². The van der Waals surface area contributed by atoms with Crippen molar-refractivity contribution < 1.29 is 0 Å². The molecule has 0 saturated heterocycles. The van der Waals surface area contributed by atoms with Gasteiger partial charge in [-0.05, 0) is 0 Å². The van der Waals surface area contributed by atoms with Gasteiger partial charge in [-0.1, -0.05) is 0 Å². The minimum atomic E-state index is 0. The molecule has 0 amide bonds. The molecule has 1 aliphatic heterocycles. The fraction of sp³-hybridized carbons (Fsp3) is 0. The monoisotopic (exact) mass is 395 g/mol. The Morgan fingerprint density at radius 1 is 1.00 bits per heavy atom. The maximum atomic E-state index is 2.28. The second-order valence-corrected chi connectivity index (χ2v) is 3.58. The quantitative estimate of drug-likeness (QED) is 0.514. The molecule has 1 aliphatic rings. The standard InChI is InChI=1S/C5H5.Bi.Sb/c1-3-5-4-2;;/h1-5H;;. The van der Waals surface area contributed by atoms with Crippen LogP contribution in [-0.2, 0) is 0 Å². The van der Waals surface area contributed by atoms with Gasteiger partial charge < -0.3 is 0 Å². The molecule has 0 bridgehead atoms. The number of hydrogen-bond donors (Lipinski definition) is 0. The fourth-order valence-electron chi connectivity index (χ4n) is 0.313. The van der Waals surface area contributed by atoms with Gasteiger partial charge in [0.25, 0.3) is 0 Å². The van der Waals surface area contributed by atoms with Crippen LogP contribution in [0.1, 0.15) is 0 Å². The zero-order valence-electron chi connectivity index (χ0n) is 3.78. The molecule has 1 rings (SSSR count). The number of hydrogen-bond acceptors (Lipinski definition) is 0. The van der Waals surface area contributed by atoms with Crippen molar-refractivity contribution in [3.8, 4) is 0 Å². The molecule has 2 heteroatoms. The first-order valence-electron chi connectivity index (χ1n) is 1.85. The summed E-state index contributed by atoms with van der Waals surface area (Å²) in [4.78, 5) is 0. The molecule has 0 nitrogen and oxygen atoms in total. The Hall–Kier alpha value is 1.05. The average molecular weight is 396 g/mol. The van der Waals surface area contributed by atoms with E-state index in [0.29, 0.717) is 0 Å². The second kappa shape index (κ2) is 5.19. The maximum Gasteiger partial charge on any atom is 0 e. The van der Waals surface area contributed by atoms with Crippen LogP contribution in [-0.4, -0.2) is 51.3 Å². The van der Waals surface area contributed by atoms with Crippen LogP contribution in [0.3, 0.4) is 0 Å². The van der Waals surface area contributed by atoms with Crippen molar-refractivity contribution >= 4 is 51.3 Å².